The van der Waals surface area contributed by atoms with Crippen molar-refractivity contribution in [2.45, 2.75) is 32.4 Å². The molecule has 0 radical (unpaired) electrons. The molecule has 2 aliphatic rings. The van der Waals surface area contributed by atoms with Crippen molar-refractivity contribution >= 4 is 5.91 Å². The number of carbonyl (C=O) groups is 1. The summed E-state index contributed by atoms with van der Waals surface area (Å²) in [5.41, 5.74) is 0.212. The lowest BCUT2D eigenvalue weighted by Crippen LogP contribution is -2.49. The van der Waals surface area contributed by atoms with Gasteiger partial charge in [0, 0.05) is 44.0 Å². The van der Waals surface area contributed by atoms with Gasteiger partial charge in [0.25, 0.3) is 0 Å². The van der Waals surface area contributed by atoms with E-state index in [-0.39, 0.29) is 17.4 Å². The van der Waals surface area contributed by atoms with Gasteiger partial charge in [-0.15, -0.1) is 0 Å². The second-order valence-corrected chi connectivity index (χ2v) is 5.88. The van der Waals surface area contributed by atoms with Gasteiger partial charge in [0.1, 0.15) is 11.9 Å². The van der Waals surface area contributed by atoms with E-state index in [1.54, 1.807) is 0 Å². The second kappa shape index (κ2) is 5.54. The monoisotopic (exact) mass is 278 g/mol. The molecular formula is C14H22N4O2. The summed E-state index contributed by atoms with van der Waals surface area (Å²) < 4.78 is 7.63. The lowest BCUT2D eigenvalue weighted by atomic mass is 10.1. The van der Waals surface area contributed by atoms with Crippen LogP contribution in [0.5, 0.6) is 0 Å². The zero-order valence-corrected chi connectivity index (χ0v) is 11.9. The molecule has 0 unspecified atom stereocenters. The Morgan fingerprint density at radius 1 is 1.65 bits per heavy atom. The van der Waals surface area contributed by atoms with Gasteiger partial charge in [-0.25, -0.2) is 4.98 Å². The van der Waals surface area contributed by atoms with Crippen molar-refractivity contribution in [1.29, 1.82) is 0 Å². The predicted octanol–water partition coefficient (Wildman–Crippen LogP) is 0.0763. The molecule has 20 heavy (non-hydrogen) atoms. The quantitative estimate of drug-likeness (QED) is 0.800. The molecule has 1 aromatic heterocycles. The fraction of sp³-hybridized carbons (Fsp3) is 0.714. The minimum Gasteiger partial charge on any atom is -0.366 e. The molecule has 110 valence electrons. The maximum atomic E-state index is 12.0. The van der Waals surface area contributed by atoms with E-state index >= 15 is 0 Å². The minimum atomic E-state index is -0.338. The average molecular weight is 278 g/mol. The molecule has 0 spiro atoms. The second-order valence-electron chi connectivity index (χ2n) is 5.88. The number of carbonyl (C=O) groups excluding carboxylic acids is 1. The summed E-state index contributed by atoms with van der Waals surface area (Å²) in [4.78, 5) is 16.3. The Bertz CT molecular complexity index is 475. The van der Waals surface area contributed by atoms with E-state index in [0.717, 1.165) is 38.3 Å². The van der Waals surface area contributed by atoms with E-state index in [1.165, 1.54) is 0 Å². The van der Waals surface area contributed by atoms with E-state index in [2.05, 4.69) is 20.2 Å². The van der Waals surface area contributed by atoms with Crippen molar-refractivity contribution in [2.24, 2.45) is 5.41 Å². The van der Waals surface area contributed by atoms with E-state index in [0.29, 0.717) is 13.2 Å². The molecule has 2 fully saturated rings. The number of hydrogen-bond acceptors (Lipinski definition) is 4. The molecule has 1 atom stereocenters. The van der Waals surface area contributed by atoms with E-state index in [9.17, 15) is 4.79 Å². The van der Waals surface area contributed by atoms with Crippen LogP contribution < -0.4 is 10.6 Å². The van der Waals surface area contributed by atoms with Gasteiger partial charge in [-0.05, 0) is 19.8 Å². The van der Waals surface area contributed by atoms with Gasteiger partial charge < -0.3 is 19.9 Å². The highest BCUT2D eigenvalue weighted by Gasteiger charge is 2.43. The van der Waals surface area contributed by atoms with Crippen LogP contribution in [-0.4, -0.2) is 47.8 Å². The van der Waals surface area contributed by atoms with Gasteiger partial charge >= 0.3 is 0 Å². The maximum Gasteiger partial charge on any atom is 0.250 e. The Balaban J connectivity index is 1.50. The van der Waals surface area contributed by atoms with Crippen LogP contribution in [0.1, 0.15) is 18.7 Å². The number of morpholine rings is 1. The highest BCUT2D eigenvalue weighted by atomic mass is 16.5. The van der Waals surface area contributed by atoms with Gasteiger partial charge in [0.15, 0.2) is 0 Å². The Kier molecular flexibility index (Phi) is 3.76. The van der Waals surface area contributed by atoms with Gasteiger partial charge in [-0.3, -0.25) is 4.79 Å². The molecule has 3 rings (SSSR count). The molecule has 6 heteroatoms. The SMILES string of the molecule is Cc1nccn1CC1(CNC(=O)[C@@H]2CNCCO2)CC1. The lowest BCUT2D eigenvalue weighted by molar-refractivity contribution is -0.134. The molecule has 2 N–H and O–H groups in total. The first-order valence-electron chi connectivity index (χ1n) is 7.26. The van der Waals surface area contributed by atoms with Gasteiger partial charge in [-0.2, -0.15) is 0 Å². The number of hydrogen-bond donors (Lipinski definition) is 2. The third kappa shape index (κ3) is 3.02. The van der Waals surface area contributed by atoms with E-state index in [4.69, 9.17) is 4.74 Å². The number of aromatic nitrogens is 2. The summed E-state index contributed by atoms with van der Waals surface area (Å²) in [6.07, 6.45) is 5.81. The van der Waals surface area contributed by atoms with Crippen molar-refractivity contribution in [3.8, 4) is 0 Å². The van der Waals surface area contributed by atoms with Crippen molar-refractivity contribution in [2.75, 3.05) is 26.2 Å². The molecule has 1 amide bonds. The summed E-state index contributed by atoms with van der Waals surface area (Å²) in [7, 11) is 0. The van der Waals surface area contributed by atoms with Crippen LogP contribution in [0.2, 0.25) is 0 Å². The standard InChI is InChI=1S/C14H22N4O2/c1-11-16-4-6-18(11)10-14(2-3-14)9-17-13(19)12-8-15-5-7-20-12/h4,6,12,15H,2-3,5,7-10H2,1H3,(H,17,19)/t12-/m0/s1. The summed E-state index contributed by atoms with van der Waals surface area (Å²) in [6.45, 7) is 5.72. The molecule has 0 aromatic carbocycles. The molecule has 6 nitrogen and oxygen atoms in total. The molecular weight excluding hydrogens is 256 g/mol. The number of nitrogens with zero attached hydrogens (tertiary/aromatic N) is 2. The van der Waals surface area contributed by atoms with Crippen molar-refractivity contribution in [3.05, 3.63) is 18.2 Å². The van der Waals surface area contributed by atoms with Gasteiger partial charge in [0.2, 0.25) is 5.91 Å². The Morgan fingerprint density at radius 2 is 2.50 bits per heavy atom. The highest BCUT2D eigenvalue weighted by Crippen LogP contribution is 2.46. The minimum absolute atomic E-state index is 0.00540. The van der Waals surface area contributed by atoms with Crippen LogP contribution in [0.3, 0.4) is 0 Å². The first kappa shape index (κ1) is 13.6. The van der Waals surface area contributed by atoms with Crippen LogP contribution in [0.4, 0.5) is 0 Å². The van der Waals surface area contributed by atoms with Crippen LogP contribution in [0.25, 0.3) is 0 Å². The Labute approximate surface area is 118 Å². The third-order valence-electron chi connectivity index (χ3n) is 4.24. The fourth-order valence-corrected chi connectivity index (χ4v) is 2.62. The zero-order chi connectivity index (χ0) is 14.0. The average Bonchev–Trinajstić information content (AvgIpc) is 3.13. The fourth-order valence-electron chi connectivity index (χ4n) is 2.62. The molecule has 1 aromatic rings. The largest absolute Gasteiger partial charge is 0.366 e. The molecule has 2 heterocycles. The first-order chi connectivity index (χ1) is 9.69. The number of imidazole rings is 1. The smallest absolute Gasteiger partial charge is 0.250 e. The summed E-state index contributed by atoms with van der Waals surface area (Å²) in [5.74, 6) is 1.04. The topological polar surface area (TPSA) is 68.2 Å². The molecule has 1 saturated heterocycles. The van der Waals surface area contributed by atoms with Gasteiger partial charge in [-0.1, -0.05) is 0 Å². The van der Waals surface area contributed by atoms with Crippen molar-refractivity contribution in [3.63, 3.8) is 0 Å². The first-order valence-corrected chi connectivity index (χ1v) is 7.26. The molecule has 1 saturated carbocycles. The normalized spacial score (nSPS) is 24.4. The number of nitrogens with one attached hydrogen (secondary N) is 2. The lowest BCUT2D eigenvalue weighted by Gasteiger charge is -2.24. The van der Waals surface area contributed by atoms with Crippen LogP contribution >= 0.6 is 0 Å². The van der Waals surface area contributed by atoms with E-state index in [1.807, 2.05) is 19.3 Å². The third-order valence-corrected chi connectivity index (χ3v) is 4.24. The molecule has 1 aliphatic heterocycles. The predicted molar refractivity (Wildman–Crippen MR) is 74.3 cm³/mol. The van der Waals surface area contributed by atoms with E-state index < -0.39 is 0 Å². The summed E-state index contributed by atoms with van der Waals surface area (Å²) in [6, 6.07) is 0. The zero-order valence-electron chi connectivity index (χ0n) is 11.9. The van der Waals surface area contributed by atoms with Crippen molar-refractivity contribution < 1.29 is 9.53 Å². The Morgan fingerprint density at radius 3 is 3.10 bits per heavy atom. The van der Waals surface area contributed by atoms with Crippen LogP contribution in [-0.2, 0) is 16.1 Å². The number of aryl methyl sites for hydroxylation is 1. The summed E-state index contributed by atoms with van der Waals surface area (Å²) >= 11 is 0. The summed E-state index contributed by atoms with van der Waals surface area (Å²) in [5, 5.41) is 6.22. The molecule has 0 bridgehead atoms. The highest BCUT2D eigenvalue weighted by molar-refractivity contribution is 5.81. The van der Waals surface area contributed by atoms with Crippen LogP contribution in [0.15, 0.2) is 12.4 Å². The molecule has 1 aliphatic carbocycles. The van der Waals surface area contributed by atoms with Crippen molar-refractivity contribution in [1.82, 2.24) is 20.2 Å². The van der Waals surface area contributed by atoms with Gasteiger partial charge in [0.05, 0.1) is 6.61 Å². The Hall–Kier alpha value is -1.40. The number of amides is 1. The maximum absolute atomic E-state index is 12.0. The number of ether oxygens (including phenoxy) is 1. The number of rotatable bonds is 5. The van der Waals surface area contributed by atoms with Crippen LogP contribution in [0, 0.1) is 12.3 Å².